The molecule has 0 atom stereocenters. The summed E-state index contributed by atoms with van der Waals surface area (Å²) in [5.74, 6) is -2.83. The van der Waals surface area contributed by atoms with Crippen LogP contribution in [0.15, 0.2) is 121 Å². The van der Waals surface area contributed by atoms with Crippen LogP contribution < -0.4 is 10.4 Å². The lowest BCUT2D eigenvalue weighted by Gasteiger charge is -2.34. The van der Waals surface area contributed by atoms with Crippen molar-refractivity contribution in [2.45, 2.75) is 5.60 Å². The second kappa shape index (κ2) is 13.0. The van der Waals surface area contributed by atoms with Crippen LogP contribution in [-0.4, -0.2) is 41.1 Å². The van der Waals surface area contributed by atoms with Crippen LogP contribution in [0.2, 0.25) is 0 Å². The van der Waals surface area contributed by atoms with E-state index in [1.54, 1.807) is 24.3 Å². The van der Waals surface area contributed by atoms with Gasteiger partial charge < -0.3 is 15.1 Å². The number of carbonyl (C=O) groups excluding carboxylic acids is 1. The average molecular weight is 537 g/mol. The highest BCUT2D eigenvalue weighted by molar-refractivity contribution is 5.91. The van der Waals surface area contributed by atoms with Gasteiger partial charge in [0.15, 0.2) is 5.60 Å². The van der Waals surface area contributed by atoms with Crippen LogP contribution in [0.4, 0.5) is 5.69 Å². The Balaban J connectivity index is 1.60. The Morgan fingerprint density at radius 1 is 0.700 bits per heavy atom. The van der Waals surface area contributed by atoms with Gasteiger partial charge in [-0.15, -0.1) is 0 Å². The number of nitrogens with one attached hydrogen (secondary N) is 1. The van der Waals surface area contributed by atoms with E-state index < -0.39 is 36.5 Å². The van der Waals surface area contributed by atoms with Gasteiger partial charge in [-0.25, -0.2) is 5.48 Å². The van der Waals surface area contributed by atoms with Crippen molar-refractivity contribution in [3.8, 4) is 0 Å². The topological polar surface area (TPSA) is 116 Å². The normalized spacial score (nSPS) is 11.2. The molecule has 0 unspecified atom stereocenters. The largest absolute Gasteiger partial charge is 0.480 e. The summed E-state index contributed by atoms with van der Waals surface area (Å²) in [5, 5.41) is 18.3. The average Bonchev–Trinajstić information content (AvgIpc) is 2.97. The van der Waals surface area contributed by atoms with E-state index in [2.05, 4.69) is 5.48 Å². The molecule has 3 N–H and O–H groups in total. The molecule has 0 radical (unpaired) electrons. The quantitative estimate of drug-likeness (QED) is 0.136. The summed E-state index contributed by atoms with van der Waals surface area (Å²) in [6.45, 7) is -0.956. The van der Waals surface area contributed by atoms with Crippen LogP contribution in [0.5, 0.6) is 0 Å². The minimum atomic E-state index is -1.16. The molecule has 0 bridgehead atoms. The Bertz CT molecular complexity index is 1360. The van der Waals surface area contributed by atoms with Crippen LogP contribution in [-0.2, 0) is 24.8 Å². The number of carboxylic acid groups (broad SMARTS) is 2. The van der Waals surface area contributed by atoms with Gasteiger partial charge in [-0.1, -0.05) is 103 Å². The van der Waals surface area contributed by atoms with E-state index in [1.165, 1.54) is 17.1 Å². The zero-order valence-corrected chi connectivity index (χ0v) is 21.5. The Kier molecular flexibility index (Phi) is 9.07. The van der Waals surface area contributed by atoms with Crippen molar-refractivity contribution < 1.29 is 29.4 Å². The number of anilines is 1. The highest BCUT2D eigenvalue weighted by atomic mass is 16.7. The highest BCUT2D eigenvalue weighted by Gasteiger charge is 2.38. The van der Waals surface area contributed by atoms with Crippen molar-refractivity contribution in [1.82, 2.24) is 5.48 Å². The fraction of sp³-hybridized carbons (Fsp3) is 0.0938. The Hall–Kier alpha value is -5.21. The molecule has 1 amide bonds. The van der Waals surface area contributed by atoms with E-state index in [-0.39, 0.29) is 0 Å². The van der Waals surface area contributed by atoms with E-state index in [1.807, 2.05) is 91.0 Å². The first kappa shape index (κ1) is 27.8. The molecular weight excluding hydrogens is 508 g/mol. The van der Waals surface area contributed by atoms with Crippen LogP contribution in [0.25, 0.3) is 6.08 Å². The first-order valence-electron chi connectivity index (χ1n) is 12.5. The van der Waals surface area contributed by atoms with Crippen LogP contribution in [0, 0.1) is 0 Å². The number of benzene rings is 4. The fourth-order valence-electron chi connectivity index (χ4n) is 4.42. The van der Waals surface area contributed by atoms with Gasteiger partial charge in [0.1, 0.15) is 13.1 Å². The molecule has 0 aromatic heterocycles. The lowest BCUT2D eigenvalue weighted by Crippen LogP contribution is -2.40. The minimum absolute atomic E-state index is 0.403. The molecule has 0 fully saturated rings. The monoisotopic (exact) mass is 536 g/mol. The molecule has 0 spiro atoms. The van der Waals surface area contributed by atoms with Crippen molar-refractivity contribution in [2.75, 3.05) is 18.0 Å². The number of carbonyl (C=O) groups is 3. The molecule has 0 heterocycles. The summed E-state index contributed by atoms with van der Waals surface area (Å²) in [4.78, 5) is 42.9. The minimum Gasteiger partial charge on any atom is -0.480 e. The third-order valence-corrected chi connectivity index (χ3v) is 6.16. The molecule has 0 saturated carbocycles. The lowest BCUT2D eigenvalue weighted by atomic mass is 9.80. The molecule has 4 aromatic carbocycles. The van der Waals surface area contributed by atoms with Crippen LogP contribution >= 0.6 is 0 Å². The van der Waals surface area contributed by atoms with E-state index in [0.717, 1.165) is 16.7 Å². The van der Waals surface area contributed by atoms with Crippen molar-refractivity contribution in [3.05, 3.63) is 144 Å². The van der Waals surface area contributed by atoms with Crippen molar-refractivity contribution in [1.29, 1.82) is 0 Å². The maximum Gasteiger partial charge on any atom is 0.323 e. The highest BCUT2D eigenvalue weighted by Crippen LogP contribution is 2.39. The Morgan fingerprint density at radius 2 is 1.18 bits per heavy atom. The molecule has 4 aromatic rings. The smallest absolute Gasteiger partial charge is 0.323 e. The second-order valence-corrected chi connectivity index (χ2v) is 8.92. The molecule has 0 aliphatic carbocycles. The van der Waals surface area contributed by atoms with E-state index in [0.29, 0.717) is 11.3 Å². The Morgan fingerprint density at radius 3 is 1.62 bits per heavy atom. The number of rotatable bonds is 12. The van der Waals surface area contributed by atoms with Gasteiger partial charge >= 0.3 is 11.9 Å². The molecule has 40 heavy (non-hydrogen) atoms. The number of carboxylic acids is 2. The fourth-order valence-corrected chi connectivity index (χ4v) is 4.42. The first-order valence-corrected chi connectivity index (χ1v) is 12.5. The SMILES string of the molecule is O=C(O)CN(CC(=O)O)c1cccc(/C=C/C(=O)NOC(c2ccccc2)(c2ccccc2)c2ccccc2)c1. The number of nitrogens with zero attached hydrogens (tertiary/aromatic N) is 1. The van der Waals surface area contributed by atoms with Gasteiger partial charge in [-0.2, -0.15) is 0 Å². The van der Waals surface area contributed by atoms with Gasteiger partial charge in [0.2, 0.25) is 0 Å². The standard InChI is InChI=1S/C32H28N2O6/c35-29(20-19-24-11-10-18-28(21-24)34(22-30(36)37)23-31(38)39)33-40-32(25-12-4-1-5-13-25,26-14-6-2-7-15-26)27-16-8-3-9-17-27/h1-21H,22-23H2,(H,33,35)(H,36,37)(H,38,39)/b20-19+. The molecule has 202 valence electrons. The van der Waals surface area contributed by atoms with Gasteiger partial charge in [-0.3, -0.25) is 19.2 Å². The Labute approximate surface area is 231 Å². The number of hydroxylamine groups is 1. The maximum absolute atomic E-state index is 13.0. The summed E-state index contributed by atoms with van der Waals surface area (Å²) in [7, 11) is 0. The molecule has 0 aliphatic rings. The van der Waals surface area contributed by atoms with E-state index >= 15 is 0 Å². The summed E-state index contributed by atoms with van der Waals surface area (Å²) in [6.07, 6.45) is 2.83. The number of hydrogen-bond donors (Lipinski definition) is 3. The van der Waals surface area contributed by atoms with E-state index in [4.69, 9.17) is 15.1 Å². The lowest BCUT2D eigenvalue weighted by molar-refractivity contribution is -0.138. The van der Waals surface area contributed by atoms with Crippen LogP contribution in [0.1, 0.15) is 22.3 Å². The maximum atomic E-state index is 13.0. The predicted octanol–water partition coefficient (Wildman–Crippen LogP) is 4.72. The third kappa shape index (κ3) is 6.80. The molecule has 4 rings (SSSR count). The van der Waals surface area contributed by atoms with Gasteiger partial charge in [0.05, 0.1) is 0 Å². The number of hydrogen-bond acceptors (Lipinski definition) is 5. The number of aliphatic carboxylic acids is 2. The predicted molar refractivity (Wildman–Crippen MR) is 151 cm³/mol. The third-order valence-electron chi connectivity index (χ3n) is 6.16. The molecule has 8 heteroatoms. The molecule has 0 saturated heterocycles. The summed E-state index contributed by atoms with van der Waals surface area (Å²) >= 11 is 0. The molecule has 8 nitrogen and oxygen atoms in total. The summed E-state index contributed by atoms with van der Waals surface area (Å²) in [6, 6.07) is 35.4. The van der Waals surface area contributed by atoms with Crippen molar-refractivity contribution in [2.24, 2.45) is 0 Å². The zero-order chi connectivity index (χ0) is 28.4. The zero-order valence-electron chi connectivity index (χ0n) is 21.5. The van der Waals surface area contributed by atoms with Crippen LogP contribution in [0.3, 0.4) is 0 Å². The van der Waals surface area contributed by atoms with Gasteiger partial charge in [-0.05, 0) is 40.5 Å². The summed E-state index contributed by atoms with van der Waals surface area (Å²) < 4.78 is 0. The van der Waals surface area contributed by atoms with Crippen molar-refractivity contribution in [3.63, 3.8) is 0 Å². The summed E-state index contributed by atoms with van der Waals surface area (Å²) in [5.41, 5.74) is 4.89. The van der Waals surface area contributed by atoms with Crippen molar-refractivity contribution >= 4 is 29.6 Å². The molecule has 0 aliphatic heterocycles. The molecular formula is C32H28N2O6. The first-order chi connectivity index (χ1) is 19.4. The van der Waals surface area contributed by atoms with E-state index in [9.17, 15) is 14.4 Å². The second-order valence-electron chi connectivity index (χ2n) is 8.92. The van der Waals surface area contributed by atoms with Gasteiger partial charge in [0.25, 0.3) is 5.91 Å². The number of amides is 1. The van der Waals surface area contributed by atoms with Gasteiger partial charge in [0, 0.05) is 11.8 Å².